The molecule has 4 heteroatoms. The van der Waals surface area contributed by atoms with Gasteiger partial charge in [0.2, 0.25) is 0 Å². The molecule has 1 aromatic heterocycles. The summed E-state index contributed by atoms with van der Waals surface area (Å²) in [5, 5.41) is 7.96. The predicted octanol–water partition coefficient (Wildman–Crippen LogP) is 4.26. The maximum Gasteiger partial charge on any atom is 0.129 e. The van der Waals surface area contributed by atoms with Crippen LogP contribution in [0.25, 0.3) is 0 Å². The van der Waals surface area contributed by atoms with Crippen molar-refractivity contribution >= 4 is 22.9 Å². The molecule has 1 N–H and O–H groups in total. The molecule has 96 valence electrons. The lowest BCUT2D eigenvalue weighted by molar-refractivity contribution is 0.526. The van der Waals surface area contributed by atoms with Crippen molar-refractivity contribution in [1.82, 2.24) is 5.32 Å². The summed E-state index contributed by atoms with van der Waals surface area (Å²) in [6.45, 7) is 2.62. The summed E-state index contributed by atoms with van der Waals surface area (Å²) < 4.78 is 13.6. The highest BCUT2D eigenvalue weighted by atomic mass is 35.5. The van der Waals surface area contributed by atoms with Gasteiger partial charge in [0, 0.05) is 23.2 Å². The molecule has 1 atom stereocenters. The molecule has 1 heterocycles. The van der Waals surface area contributed by atoms with Crippen LogP contribution in [0.1, 0.15) is 18.1 Å². The van der Waals surface area contributed by atoms with E-state index in [-0.39, 0.29) is 5.82 Å². The molecule has 2 aromatic rings. The second kappa shape index (κ2) is 6.32. The highest BCUT2D eigenvalue weighted by Gasteiger charge is 2.06. The number of nitrogens with one attached hydrogen (secondary N) is 1. The maximum atomic E-state index is 13.6. The quantitative estimate of drug-likeness (QED) is 0.864. The third-order valence-electron chi connectivity index (χ3n) is 2.78. The fourth-order valence-corrected chi connectivity index (χ4v) is 2.62. The minimum absolute atomic E-state index is 0.252. The normalized spacial score (nSPS) is 12.6. The Balaban J connectivity index is 1.87. The van der Waals surface area contributed by atoms with Crippen molar-refractivity contribution in [1.29, 1.82) is 0 Å². The van der Waals surface area contributed by atoms with E-state index in [9.17, 15) is 4.39 Å². The number of benzene rings is 1. The highest BCUT2D eigenvalue weighted by Crippen LogP contribution is 2.15. The number of hydrogen-bond donors (Lipinski definition) is 1. The van der Waals surface area contributed by atoms with E-state index in [1.165, 1.54) is 11.6 Å². The SMILES string of the molecule is CC(Cc1ccsc1)NCc1ccc(Cl)cc1F. The molecule has 0 saturated heterocycles. The van der Waals surface area contributed by atoms with Crippen LogP contribution >= 0.6 is 22.9 Å². The molecule has 0 saturated carbocycles. The molecule has 0 amide bonds. The average Bonchev–Trinajstić information content (AvgIpc) is 2.80. The van der Waals surface area contributed by atoms with Gasteiger partial charge >= 0.3 is 0 Å². The van der Waals surface area contributed by atoms with Gasteiger partial charge in [0.25, 0.3) is 0 Å². The van der Waals surface area contributed by atoms with E-state index >= 15 is 0 Å². The van der Waals surface area contributed by atoms with E-state index in [0.29, 0.717) is 23.2 Å². The Morgan fingerprint density at radius 1 is 1.39 bits per heavy atom. The molecule has 0 radical (unpaired) electrons. The summed E-state index contributed by atoms with van der Waals surface area (Å²) in [6, 6.07) is 7.22. The number of rotatable bonds is 5. The van der Waals surface area contributed by atoms with Crippen LogP contribution in [0.5, 0.6) is 0 Å². The Bertz CT molecular complexity index is 499. The highest BCUT2D eigenvalue weighted by molar-refractivity contribution is 7.07. The molecule has 1 unspecified atom stereocenters. The molecule has 0 aliphatic rings. The molecule has 0 spiro atoms. The van der Waals surface area contributed by atoms with E-state index in [1.54, 1.807) is 23.5 Å². The number of hydrogen-bond acceptors (Lipinski definition) is 2. The van der Waals surface area contributed by atoms with Crippen molar-refractivity contribution in [3.05, 3.63) is 57.0 Å². The first-order valence-electron chi connectivity index (χ1n) is 5.83. The van der Waals surface area contributed by atoms with Gasteiger partial charge in [0.1, 0.15) is 5.82 Å². The lowest BCUT2D eigenvalue weighted by atomic mass is 10.1. The van der Waals surface area contributed by atoms with E-state index in [0.717, 1.165) is 6.42 Å². The third kappa shape index (κ3) is 3.80. The van der Waals surface area contributed by atoms with Crippen molar-refractivity contribution in [3.63, 3.8) is 0 Å². The zero-order valence-corrected chi connectivity index (χ0v) is 11.7. The Morgan fingerprint density at radius 3 is 2.89 bits per heavy atom. The first-order chi connectivity index (χ1) is 8.65. The van der Waals surface area contributed by atoms with Crippen LogP contribution in [-0.4, -0.2) is 6.04 Å². The van der Waals surface area contributed by atoms with Crippen LogP contribution in [-0.2, 0) is 13.0 Å². The van der Waals surface area contributed by atoms with Gasteiger partial charge in [-0.05, 0) is 47.9 Å². The summed E-state index contributed by atoms with van der Waals surface area (Å²) in [4.78, 5) is 0. The van der Waals surface area contributed by atoms with Gasteiger partial charge < -0.3 is 5.32 Å². The maximum absolute atomic E-state index is 13.6. The minimum atomic E-state index is -0.252. The van der Waals surface area contributed by atoms with Crippen molar-refractivity contribution in [2.45, 2.75) is 25.9 Å². The summed E-state index contributed by atoms with van der Waals surface area (Å²) in [5.41, 5.74) is 1.97. The number of halogens is 2. The summed E-state index contributed by atoms with van der Waals surface area (Å²) in [5.74, 6) is -0.252. The Hall–Kier alpha value is -0.900. The van der Waals surface area contributed by atoms with E-state index in [2.05, 4.69) is 29.1 Å². The molecule has 0 aliphatic carbocycles. The minimum Gasteiger partial charge on any atom is -0.310 e. The molecule has 1 aromatic carbocycles. The van der Waals surface area contributed by atoms with Crippen molar-refractivity contribution in [3.8, 4) is 0 Å². The summed E-state index contributed by atoms with van der Waals surface area (Å²) in [6.07, 6.45) is 0.957. The topological polar surface area (TPSA) is 12.0 Å². The van der Waals surface area contributed by atoms with E-state index < -0.39 is 0 Å². The van der Waals surface area contributed by atoms with Crippen molar-refractivity contribution in [2.75, 3.05) is 0 Å². The Morgan fingerprint density at radius 2 is 2.22 bits per heavy atom. The molecule has 0 fully saturated rings. The fourth-order valence-electron chi connectivity index (χ4n) is 1.78. The van der Waals surface area contributed by atoms with Gasteiger partial charge in [0.15, 0.2) is 0 Å². The van der Waals surface area contributed by atoms with Crippen LogP contribution in [0.15, 0.2) is 35.0 Å². The van der Waals surface area contributed by atoms with Gasteiger partial charge in [0.05, 0.1) is 0 Å². The first-order valence-corrected chi connectivity index (χ1v) is 7.15. The van der Waals surface area contributed by atoms with Crippen LogP contribution in [0.4, 0.5) is 4.39 Å². The molecule has 18 heavy (non-hydrogen) atoms. The van der Waals surface area contributed by atoms with Gasteiger partial charge in [-0.3, -0.25) is 0 Å². The van der Waals surface area contributed by atoms with E-state index in [1.807, 2.05) is 0 Å². The van der Waals surface area contributed by atoms with Crippen molar-refractivity contribution < 1.29 is 4.39 Å². The van der Waals surface area contributed by atoms with Gasteiger partial charge in [-0.15, -0.1) is 0 Å². The number of thiophene rings is 1. The van der Waals surface area contributed by atoms with Crippen LogP contribution in [0.2, 0.25) is 5.02 Å². The average molecular weight is 284 g/mol. The standard InChI is InChI=1S/C14H15ClFNS/c1-10(6-11-4-5-18-9-11)17-8-12-2-3-13(15)7-14(12)16/h2-5,7,9-10,17H,6,8H2,1H3. The molecular weight excluding hydrogens is 269 g/mol. The molecule has 0 aliphatic heterocycles. The zero-order chi connectivity index (χ0) is 13.0. The second-order valence-electron chi connectivity index (χ2n) is 4.35. The molecule has 1 nitrogen and oxygen atoms in total. The second-order valence-corrected chi connectivity index (χ2v) is 5.57. The smallest absolute Gasteiger partial charge is 0.129 e. The fraction of sp³-hybridized carbons (Fsp3) is 0.286. The molecule has 2 rings (SSSR count). The van der Waals surface area contributed by atoms with Crippen LogP contribution in [0, 0.1) is 5.82 Å². The summed E-state index contributed by atoms with van der Waals surface area (Å²) in [7, 11) is 0. The summed E-state index contributed by atoms with van der Waals surface area (Å²) >= 11 is 7.41. The monoisotopic (exact) mass is 283 g/mol. The predicted molar refractivity (Wildman–Crippen MR) is 75.7 cm³/mol. The van der Waals surface area contributed by atoms with Crippen LogP contribution < -0.4 is 5.32 Å². The lowest BCUT2D eigenvalue weighted by Gasteiger charge is -2.13. The zero-order valence-electron chi connectivity index (χ0n) is 10.1. The van der Waals surface area contributed by atoms with Gasteiger partial charge in [-0.1, -0.05) is 17.7 Å². The molecular formula is C14H15ClFNS. The van der Waals surface area contributed by atoms with E-state index in [4.69, 9.17) is 11.6 Å². The Kier molecular flexibility index (Phi) is 4.75. The van der Waals surface area contributed by atoms with Gasteiger partial charge in [-0.2, -0.15) is 11.3 Å². The third-order valence-corrected chi connectivity index (χ3v) is 3.75. The first kappa shape index (κ1) is 13.5. The van der Waals surface area contributed by atoms with Crippen molar-refractivity contribution in [2.24, 2.45) is 0 Å². The van der Waals surface area contributed by atoms with Crippen LogP contribution in [0.3, 0.4) is 0 Å². The molecule has 0 bridgehead atoms. The largest absolute Gasteiger partial charge is 0.310 e. The Labute approximate surface area is 116 Å². The van der Waals surface area contributed by atoms with Gasteiger partial charge in [-0.25, -0.2) is 4.39 Å². The lowest BCUT2D eigenvalue weighted by Crippen LogP contribution is -2.27.